The SMILES string of the molecule is CCOc1ccc(Oc2ccccc2NC(=O)c2ccc(C(F)(F)F)cc2)cc1. The highest BCUT2D eigenvalue weighted by Crippen LogP contribution is 2.31. The van der Waals surface area contributed by atoms with Crippen LogP contribution in [0, 0.1) is 0 Å². The van der Waals surface area contributed by atoms with E-state index in [4.69, 9.17) is 9.47 Å². The fourth-order valence-electron chi connectivity index (χ4n) is 2.56. The van der Waals surface area contributed by atoms with Crippen LogP contribution in [-0.4, -0.2) is 12.5 Å². The number of carbonyl (C=O) groups is 1. The van der Waals surface area contributed by atoms with Crippen LogP contribution < -0.4 is 14.8 Å². The van der Waals surface area contributed by atoms with Crippen LogP contribution in [0.25, 0.3) is 0 Å². The van der Waals surface area contributed by atoms with Crippen LogP contribution in [0.1, 0.15) is 22.8 Å². The molecule has 4 nitrogen and oxygen atoms in total. The Bertz CT molecular complexity index is 968. The Labute approximate surface area is 165 Å². The second kappa shape index (κ2) is 8.68. The highest BCUT2D eigenvalue weighted by atomic mass is 19.4. The molecule has 0 fully saturated rings. The van der Waals surface area contributed by atoms with Gasteiger partial charge in [-0.05, 0) is 67.6 Å². The Morgan fingerprint density at radius 1 is 0.897 bits per heavy atom. The molecule has 0 bridgehead atoms. The van der Waals surface area contributed by atoms with Gasteiger partial charge in [-0.25, -0.2) is 0 Å². The summed E-state index contributed by atoms with van der Waals surface area (Å²) in [6.07, 6.45) is -4.45. The fraction of sp³-hybridized carbons (Fsp3) is 0.136. The predicted molar refractivity (Wildman–Crippen MR) is 104 cm³/mol. The summed E-state index contributed by atoms with van der Waals surface area (Å²) in [5.74, 6) is 1.12. The number of para-hydroxylation sites is 2. The van der Waals surface area contributed by atoms with E-state index in [1.165, 1.54) is 0 Å². The first-order valence-corrected chi connectivity index (χ1v) is 8.85. The van der Waals surface area contributed by atoms with Crippen LogP contribution in [0.5, 0.6) is 17.2 Å². The zero-order valence-electron chi connectivity index (χ0n) is 15.5. The summed E-state index contributed by atoms with van der Waals surface area (Å²) in [6.45, 7) is 2.44. The van der Waals surface area contributed by atoms with Crippen LogP contribution in [0.3, 0.4) is 0 Å². The summed E-state index contributed by atoms with van der Waals surface area (Å²) in [4.78, 5) is 12.4. The second-order valence-corrected chi connectivity index (χ2v) is 6.03. The molecular formula is C22H18F3NO3. The van der Waals surface area contributed by atoms with E-state index in [0.29, 0.717) is 29.5 Å². The molecule has 0 aliphatic heterocycles. The first-order chi connectivity index (χ1) is 13.9. The van der Waals surface area contributed by atoms with Crippen LogP contribution in [-0.2, 0) is 6.18 Å². The molecule has 150 valence electrons. The Balaban J connectivity index is 1.74. The first kappa shape index (κ1) is 20.3. The number of ether oxygens (including phenoxy) is 2. The van der Waals surface area contributed by atoms with Gasteiger partial charge in [-0.3, -0.25) is 4.79 Å². The zero-order chi connectivity index (χ0) is 20.9. The molecule has 0 aromatic heterocycles. The van der Waals surface area contributed by atoms with E-state index in [2.05, 4.69) is 5.32 Å². The second-order valence-electron chi connectivity index (χ2n) is 6.03. The van der Waals surface area contributed by atoms with Gasteiger partial charge in [0.15, 0.2) is 5.75 Å². The third-order valence-electron chi connectivity index (χ3n) is 3.97. The molecule has 3 rings (SSSR count). The average molecular weight is 401 g/mol. The average Bonchev–Trinajstić information content (AvgIpc) is 2.70. The van der Waals surface area contributed by atoms with Crippen molar-refractivity contribution in [2.24, 2.45) is 0 Å². The number of alkyl halides is 3. The van der Waals surface area contributed by atoms with Crippen molar-refractivity contribution in [2.45, 2.75) is 13.1 Å². The van der Waals surface area contributed by atoms with E-state index in [1.54, 1.807) is 48.5 Å². The molecule has 7 heteroatoms. The lowest BCUT2D eigenvalue weighted by atomic mass is 10.1. The van der Waals surface area contributed by atoms with Gasteiger partial charge >= 0.3 is 6.18 Å². The van der Waals surface area contributed by atoms with Gasteiger partial charge in [0.25, 0.3) is 5.91 Å². The summed E-state index contributed by atoms with van der Waals surface area (Å²) in [5.41, 5.74) is -0.312. The minimum absolute atomic E-state index is 0.105. The molecule has 3 aromatic carbocycles. The number of carbonyl (C=O) groups excluding carboxylic acids is 1. The Morgan fingerprint density at radius 2 is 1.52 bits per heavy atom. The maximum Gasteiger partial charge on any atom is 0.416 e. The number of anilines is 1. The summed E-state index contributed by atoms with van der Waals surface area (Å²) in [5, 5.41) is 2.67. The molecule has 29 heavy (non-hydrogen) atoms. The van der Waals surface area contributed by atoms with Crippen LogP contribution in [0.15, 0.2) is 72.8 Å². The van der Waals surface area contributed by atoms with Gasteiger partial charge in [-0.1, -0.05) is 12.1 Å². The number of benzene rings is 3. The summed E-state index contributed by atoms with van der Waals surface area (Å²) >= 11 is 0. The summed E-state index contributed by atoms with van der Waals surface area (Å²) in [6, 6.07) is 17.8. The minimum atomic E-state index is -4.45. The fourth-order valence-corrected chi connectivity index (χ4v) is 2.56. The topological polar surface area (TPSA) is 47.6 Å². The zero-order valence-corrected chi connectivity index (χ0v) is 15.5. The lowest BCUT2D eigenvalue weighted by Gasteiger charge is -2.13. The largest absolute Gasteiger partial charge is 0.494 e. The molecule has 0 saturated carbocycles. The molecule has 0 aliphatic carbocycles. The maximum atomic E-state index is 12.7. The van der Waals surface area contributed by atoms with Gasteiger partial charge in [0.1, 0.15) is 11.5 Å². The van der Waals surface area contributed by atoms with Gasteiger partial charge in [-0.2, -0.15) is 13.2 Å². The van der Waals surface area contributed by atoms with E-state index >= 15 is 0 Å². The van der Waals surface area contributed by atoms with E-state index in [0.717, 1.165) is 24.3 Å². The molecule has 0 spiro atoms. The maximum absolute atomic E-state index is 12.7. The van der Waals surface area contributed by atoms with Crippen LogP contribution in [0.2, 0.25) is 0 Å². The molecule has 3 aromatic rings. The number of nitrogens with one attached hydrogen (secondary N) is 1. The highest BCUT2D eigenvalue weighted by Gasteiger charge is 2.30. The predicted octanol–water partition coefficient (Wildman–Crippen LogP) is 6.15. The van der Waals surface area contributed by atoms with Crippen molar-refractivity contribution in [1.82, 2.24) is 0 Å². The number of hydrogen-bond donors (Lipinski definition) is 1. The number of rotatable bonds is 6. The molecule has 0 atom stereocenters. The lowest BCUT2D eigenvalue weighted by Crippen LogP contribution is -2.13. The summed E-state index contributed by atoms with van der Waals surface area (Å²) < 4.78 is 49.2. The van der Waals surface area contributed by atoms with Gasteiger partial charge in [-0.15, -0.1) is 0 Å². The van der Waals surface area contributed by atoms with E-state index in [9.17, 15) is 18.0 Å². The molecule has 0 radical (unpaired) electrons. The van der Waals surface area contributed by atoms with E-state index in [1.807, 2.05) is 6.92 Å². The molecular weight excluding hydrogens is 383 g/mol. The number of hydrogen-bond acceptors (Lipinski definition) is 3. The van der Waals surface area contributed by atoms with Crippen molar-refractivity contribution < 1.29 is 27.4 Å². The molecule has 0 aliphatic rings. The molecule has 0 unspecified atom stereocenters. The molecule has 0 saturated heterocycles. The summed E-state index contributed by atoms with van der Waals surface area (Å²) in [7, 11) is 0. The van der Waals surface area contributed by atoms with Gasteiger partial charge < -0.3 is 14.8 Å². The Kier molecular flexibility index (Phi) is 6.07. The van der Waals surface area contributed by atoms with Crippen molar-refractivity contribution in [2.75, 3.05) is 11.9 Å². The van der Waals surface area contributed by atoms with Crippen LogP contribution >= 0.6 is 0 Å². The van der Waals surface area contributed by atoms with E-state index < -0.39 is 17.6 Å². The number of halogens is 3. The lowest BCUT2D eigenvalue weighted by molar-refractivity contribution is -0.137. The molecule has 1 N–H and O–H groups in total. The van der Waals surface area contributed by atoms with Crippen molar-refractivity contribution in [3.63, 3.8) is 0 Å². The normalized spacial score (nSPS) is 11.0. The quantitative estimate of drug-likeness (QED) is 0.539. The van der Waals surface area contributed by atoms with Crippen molar-refractivity contribution in [3.8, 4) is 17.2 Å². The number of amides is 1. The molecule has 1 amide bonds. The van der Waals surface area contributed by atoms with Gasteiger partial charge in [0, 0.05) is 5.56 Å². The standard InChI is InChI=1S/C22H18F3NO3/c1-2-28-17-11-13-18(14-12-17)29-20-6-4-3-5-19(20)26-21(27)15-7-9-16(10-8-15)22(23,24)25/h3-14H,2H2,1H3,(H,26,27). The molecule has 0 heterocycles. The van der Waals surface area contributed by atoms with Crippen molar-refractivity contribution in [3.05, 3.63) is 83.9 Å². The van der Waals surface area contributed by atoms with Gasteiger partial charge in [0.2, 0.25) is 0 Å². The van der Waals surface area contributed by atoms with Crippen molar-refractivity contribution in [1.29, 1.82) is 0 Å². The monoisotopic (exact) mass is 401 g/mol. The third-order valence-corrected chi connectivity index (χ3v) is 3.97. The van der Waals surface area contributed by atoms with Crippen molar-refractivity contribution >= 4 is 11.6 Å². The first-order valence-electron chi connectivity index (χ1n) is 8.85. The Morgan fingerprint density at radius 3 is 2.14 bits per heavy atom. The van der Waals surface area contributed by atoms with Crippen LogP contribution in [0.4, 0.5) is 18.9 Å². The van der Waals surface area contributed by atoms with Gasteiger partial charge in [0.05, 0.1) is 17.9 Å². The highest BCUT2D eigenvalue weighted by molar-refractivity contribution is 6.05. The third kappa shape index (κ3) is 5.28. The smallest absolute Gasteiger partial charge is 0.416 e. The Hall–Kier alpha value is -3.48. The minimum Gasteiger partial charge on any atom is -0.494 e. The van der Waals surface area contributed by atoms with E-state index in [-0.39, 0.29) is 5.56 Å².